The predicted octanol–water partition coefficient (Wildman–Crippen LogP) is 6.93. The highest BCUT2D eigenvalue weighted by molar-refractivity contribution is 7.23. The summed E-state index contributed by atoms with van der Waals surface area (Å²) < 4.78 is 16.9. The van der Waals surface area contributed by atoms with Gasteiger partial charge < -0.3 is 19.1 Å². The number of benzene rings is 3. The van der Waals surface area contributed by atoms with Crippen LogP contribution >= 0.6 is 11.3 Å². The molecule has 0 N–H and O–H groups in total. The average molecular weight is 474 g/mol. The van der Waals surface area contributed by atoms with E-state index in [4.69, 9.17) is 14.2 Å². The minimum absolute atomic E-state index is 0.340. The highest BCUT2D eigenvalue weighted by Crippen LogP contribution is 2.47. The molecule has 0 fully saturated rings. The maximum Gasteiger partial charge on any atom is 0.330 e. The van der Waals surface area contributed by atoms with Crippen LogP contribution in [0.5, 0.6) is 11.5 Å². The zero-order chi connectivity index (χ0) is 24.1. The summed E-state index contributed by atoms with van der Waals surface area (Å²) in [5.74, 6) is 1.32. The van der Waals surface area contributed by atoms with Gasteiger partial charge in [0.15, 0.2) is 0 Å². The molecule has 6 heteroatoms. The lowest BCUT2D eigenvalue weighted by molar-refractivity contribution is -0.137. The molecule has 0 aliphatic heterocycles. The van der Waals surface area contributed by atoms with Crippen LogP contribution in [0.2, 0.25) is 0 Å². The second kappa shape index (κ2) is 10.4. The van der Waals surface area contributed by atoms with Gasteiger partial charge in [-0.1, -0.05) is 12.1 Å². The molecular weight excluding hydrogens is 446 g/mol. The molecule has 174 valence electrons. The standard InChI is InChI=1S/C28H27NO4S/c1-5-33-26(30)17-8-19-6-11-21(12-7-19)29(2)27-24-16-15-23(32-4)18-25(24)34-28(27)20-9-13-22(31-3)14-10-20/h6-18H,5H2,1-4H3. The minimum Gasteiger partial charge on any atom is -0.497 e. The van der Waals surface area contributed by atoms with Crippen LogP contribution in [-0.4, -0.2) is 33.8 Å². The number of thiophene rings is 1. The highest BCUT2D eigenvalue weighted by Gasteiger charge is 2.19. The van der Waals surface area contributed by atoms with Crippen molar-refractivity contribution in [1.82, 2.24) is 0 Å². The van der Waals surface area contributed by atoms with E-state index in [2.05, 4.69) is 48.3 Å². The largest absolute Gasteiger partial charge is 0.497 e. The second-order valence-corrected chi connectivity index (χ2v) is 8.66. The van der Waals surface area contributed by atoms with E-state index in [1.54, 1.807) is 38.6 Å². The Kier molecular flexibility index (Phi) is 7.18. The molecule has 0 unspecified atom stereocenters. The molecule has 4 rings (SSSR count). The molecule has 1 aromatic heterocycles. The maximum absolute atomic E-state index is 11.6. The summed E-state index contributed by atoms with van der Waals surface area (Å²) in [5.41, 5.74) is 4.22. The smallest absolute Gasteiger partial charge is 0.330 e. The van der Waals surface area contributed by atoms with Crippen LogP contribution in [0.4, 0.5) is 11.4 Å². The van der Waals surface area contributed by atoms with E-state index in [-0.39, 0.29) is 5.97 Å². The molecule has 0 saturated heterocycles. The van der Waals surface area contributed by atoms with Gasteiger partial charge in [-0.15, -0.1) is 11.3 Å². The minimum atomic E-state index is -0.340. The number of ether oxygens (including phenoxy) is 3. The molecule has 0 radical (unpaired) electrons. The van der Waals surface area contributed by atoms with Crippen molar-refractivity contribution in [2.45, 2.75) is 6.92 Å². The normalized spacial score (nSPS) is 11.1. The van der Waals surface area contributed by atoms with Crippen molar-refractivity contribution in [2.75, 3.05) is 32.8 Å². The van der Waals surface area contributed by atoms with Crippen LogP contribution < -0.4 is 14.4 Å². The molecule has 3 aromatic carbocycles. The number of esters is 1. The van der Waals surface area contributed by atoms with Crippen molar-refractivity contribution in [3.8, 4) is 21.9 Å². The fraction of sp³-hybridized carbons (Fsp3) is 0.179. The SMILES string of the molecule is CCOC(=O)C=Cc1ccc(N(C)c2c(-c3ccc(OC)cc3)sc3cc(OC)ccc23)cc1. The summed E-state index contributed by atoms with van der Waals surface area (Å²) in [4.78, 5) is 15.0. The Bertz CT molecular complexity index is 1310. The number of fused-ring (bicyclic) bond motifs is 1. The first-order valence-electron chi connectivity index (χ1n) is 11.0. The van der Waals surface area contributed by atoms with Gasteiger partial charge in [0.1, 0.15) is 11.5 Å². The quantitative estimate of drug-likeness (QED) is 0.205. The molecule has 0 atom stereocenters. The third-order valence-corrected chi connectivity index (χ3v) is 6.73. The van der Waals surface area contributed by atoms with Gasteiger partial charge in [-0.3, -0.25) is 0 Å². The Morgan fingerprint density at radius 3 is 2.26 bits per heavy atom. The fourth-order valence-electron chi connectivity index (χ4n) is 3.75. The monoisotopic (exact) mass is 473 g/mol. The molecular formula is C28H27NO4S. The van der Waals surface area contributed by atoms with Crippen LogP contribution in [0.15, 0.2) is 72.8 Å². The fourth-order valence-corrected chi connectivity index (χ4v) is 5.02. The summed E-state index contributed by atoms with van der Waals surface area (Å²) >= 11 is 1.74. The topological polar surface area (TPSA) is 48.0 Å². The summed E-state index contributed by atoms with van der Waals surface area (Å²) in [5, 5.41) is 1.16. The van der Waals surface area contributed by atoms with Gasteiger partial charge in [-0.05, 0) is 78.7 Å². The number of anilines is 2. The Balaban J connectivity index is 1.73. The Labute approximate surface area is 203 Å². The average Bonchev–Trinajstić information content (AvgIpc) is 3.26. The van der Waals surface area contributed by atoms with E-state index >= 15 is 0 Å². The van der Waals surface area contributed by atoms with Gasteiger partial charge in [0.05, 0.1) is 31.4 Å². The number of nitrogens with zero attached hydrogens (tertiary/aromatic N) is 1. The number of hydrogen-bond donors (Lipinski definition) is 0. The number of carbonyl (C=O) groups is 1. The van der Waals surface area contributed by atoms with Crippen LogP contribution in [-0.2, 0) is 9.53 Å². The lowest BCUT2D eigenvalue weighted by Crippen LogP contribution is -2.09. The number of carbonyl (C=O) groups excluding carboxylic acids is 1. The van der Waals surface area contributed by atoms with Crippen molar-refractivity contribution in [3.05, 3.63) is 78.4 Å². The lowest BCUT2D eigenvalue weighted by atomic mass is 10.1. The summed E-state index contributed by atoms with van der Waals surface area (Å²) in [7, 11) is 5.43. The van der Waals surface area contributed by atoms with Crippen LogP contribution in [0, 0.1) is 0 Å². The number of hydrogen-bond acceptors (Lipinski definition) is 6. The third kappa shape index (κ3) is 4.92. The van der Waals surface area contributed by atoms with Gasteiger partial charge in [-0.25, -0.2) is 4.79 Å². The molecule has 0 aliphatic rings. The van der Waals surface area contributed by atoms with E-state index in [1.165, 1.54) is 11.0 Å². The molecule has 0 amide bonds. The van der Waals surface area contributed by atoms with Crippen molar-refractivity contribution in [2.24, 2.45) is 0 Å². The lowest BCUT2D eigenvalue weighted by Gasteiger charge is -2.21. The van der Waals surface area contributed by atoms with E-state index in [1.807, 2.05) is 30.3 Å². The second-order valence-electron chi connectivity index (χ2n) is 7.61. The zero-order valence-electron chi connectivity index (χ0n) is 19.7. The number of methoxy groups -OCH3 is 2. The van der Waals surface area contributed by atoms with E-state index in [9.17, 15) is 4.79 Å². The Morgan fingerprint density at radius 1 is 0.941 bits per heavy atom. The van der Waals surface area contributed by atoms with Gasteiger partial charge in [0.25, 0.3) is 0 Å². The molecule has 0 bridgehead atoms. The van der Waals surface area contributed by atoms with Crippen molar-refractivity contribution in [3.63, 3.8) is 0 Å². The van der Waals surface area contributed by atoms with Gasteiger partial charge >= 0.3 is 5.97 Å². The Hall–Kier alpha value is -3.77. The maximum atomic E-state index is 11.6. The first kappa shape index (κ1) is 23.4. The van der Waals surface area contributed by atoms with Crippen molar-refractivity contribution >= 4 is 44.8 Å². The van der Waals surface area contributed by atoms with Gasteiger partial charge in [0, 0.05) is 28.9 Å². The molecule has 1 heterocycles. The number of rotatable bonds is 8. The van der Waals surface area contributed by atoms with Gasteiger partial charge in [0.2, 0.25) is 0 Å². The first-order chi connectivity index (χ1) is 16.5. The molecule has 0 aliphatic carbocycles. The van der Waals surface area contributed by atoms with Gasteiger partial charge in [-0.2, -0.15) is 0 Å². The van der Waals surface area contributed by atoms with Crippen LogP contribution in [0.1, 0.15) is 12.5 Å². The molecule has 4 aromatic rings. The molecule has 5 nitrogen and oxygen atoms in total. The summed E-state index contributed by atoms with van der Waals surface area (Å²) in [6.45, 7) is 2.16. The van der Waals surface area contributed by atoms with E-state index in [0.29, 0.717) is 6.61 Å². The van der Waals surface area contributed by atoms with Crippen molar-refractivity contribution < 1.29 is 19.0 Å². The van der Waals surface area contributed by atoms with E-state index < -0.39 is 0 Å². The Morgan fingerprint density at radius 2 is 1.62 bits per heavy atom. The van der Waals surface area contributed by atoms with Crippen LogP contribution in [0.3, 0.4) is 0 Å². The predicted molar refractivity (Wildman–Crippen MR) is 141 cm³/mol. The first-order valence-corrected chi connectivity index (χ1v) is 11.8. The van der Waals surface area contributed by atoms with Crippen molar-refractivity contribution in [1.29, 1.82) is 0 Å². The summed E-state index contributed by atoms with van der Waals surface area (Å²) in [6.07, 6.45) is 3.21. The van der Waals surface area contributed by atoms with Crippen LogP contribution in [0.25, 0.3) is 26.6 Å². The summed E-state index contributed by atoms with van der Waals surface area (Å²) in [6, 6.07) is 22.4. The highest BCUT2D eigenvalue weighted by atomic mass is 32.1. The molecule has 0 spiro atoms. The molecule has 0 saturated carbocycles. The third-order valence-electron chi connectivity index (χ3n) is 5.54. The molecule has 34 heavy (non-hydrogen) atoms. The zero-order valence-corrected chi connectivity index (χ0v) is 20.5. The van der Waals surface area contributed by atoms with E-state index in [0.717, 1.165) is 44.1 Å².